The minimum Gasteiger partial charge on any atom is -0.447 e. The first-order chi connectivity index (χ1) is 14.7. The number of benzene rings is 3. The maximum atomic E-state index is 13.1. The molecule has 5 nitrogen and oxygen atoms in total. The van der Waals surface area contributed by atoms with Crippen molar-refractivity contribution in [3.8, 4) is 11.5 Å². The lowest BCUT2D eigenvalue weighted by molar-refractivity contribution is 0.0486. The van der Waals surface area contributed by atoms with Crippen molar-refractivity contribution < 1.29 is 14.3 Å². The zero-order valence-electron chi connectivity index (χ0n) is 17.0. The van der Waals surface area contributed by atoms with Crippen LogP contribution in [-0.2, 0) is 0 Å². The van der Waals surface area contributed by atoms with E-state index in [9.17, 15) is 4.79 Å². The van der Waals surface area contributed by atoms with Gasteiger partial charge in [-0.2, -0.15) is 0 Å². The maximum absolute atomic E-state index is 13.1. The Morgan fingerprint density at radius 3 is 2.30 bits per heavy atom. The van der Waals surface area contributed by atoms with E-state index < -0.39 is 6.29 Å². The summed E-state index contributed by atoms with van der Waals surface area (Å²) < 4.78 is 11.9. The van der Waals surface area contributed by atoms with Crippen molar-refractivity contribution in [1.29, 1.82) is 0 Å². The lowest BCUT2D eigenvalue weighted by Gasteiger charge is -2.36. The number of hydrogen-bond donors (Lipinski definition) is 0. The number of anilines is 1. The molecule has 2 heterocycles. The molecule has 0 aliphatic carbocycles. The summed E-state index contributed by atoms with van der Waals surface area (Å²) in [5.74, 6) is 1.33. The van der Waals surface area contributed by atoms with Crippen LogP contribution >= 0.6 is 0 Å². The summed E-state index contributed by atoms with van der Waals surface area (Å²) in [6.45, 7) is 5.19. The number of rotatable bonds is 3. The maximum Gasteiger partial charge on any atom is 0.267 e. The summed E-state index contributed by atoms with van der Waals surface area (Å²) in [5.41, 5.74) is 4.10. The number of nitrogens with zero attached hydrogens (tertiary/aromatic N) is 2. The van der Waals surface area contributed by atoms with Gasteiger partial charge in [-0.15, -0.1) is 0 Å². The van der Waals surface area contributed by atoms with E-state index in [0.29, 0.717) is 30.2 Å². The molecule has 0 radical (unpaired) electrons. The molecule has 1 saturated heterocycles. The van der Waals surface area contributed by atoms with Crippen LogP contribution in [0.5, 0.6) is 11.5 Å². The topological polar surface area (TPSA) is 42.0 Å². The van der Waals surface area contributed by atoms with Crippen LogP contribution in [0.2, 0.25) is 0 Å². The molecule has 0 aromatic heterocycles. The summed E-state index contributed by atoms with van der Waals surface area (Å²) in [5, 5.41) is 0. The van der Waals surface area contributed by atoms with E-state index in [4.69, 9.17) is 9.47 Å². The van der Waals surface area contributed by atoms with E-state index in [-0.39, 0.29) is 5.91 Å². The third-order valence-corrected chi connectivity index (χ3v) is 5.75. The molecular formula is C25H24N2O3. The van der Waals surface area contributed by atoms with Crippen LogP contribution in [-0.4, -0.2) is 37.0 Å². The van der Waals surface area contributed by atoms with Crippen LogP contribution in [0.3, 0.4) is 0 Å². The lowest BCUT2D eigenvalue weighted by Crippen LogP contribution is -2.49. The predicted molar refractivity (Wildman–Crippen MR) is 116 cm³/mol. The second-order valence-corrected chi connectivity index (χ2v) is 7.71. The number of piperazine rings is 1. The minimum absolute atomic E-state index is 0.0361. The molecule has 1 unspecified atom stereocenters. The van der Waals surface area contributed by atoms with Crippen molar-refractivity contribution in [3.05, 3.63) is 89.5 Å². The average Bonchev–Trinajstić information content (AvgIpc) is 3.23. The van der Waals surface area contributed by atoms with Crippen molar-refractivity contribution in [3.63, 3.8) is 0 Å². The number of hydrogen-bond acceptors (Lipinski definition) is 4. The Morgan fingerprint density at radius 1 is 0.833 bits per heavy atom. The Hall–Kier alpha value is -3.47. The number of fused-ring (bicyclic) bond motifs is 1. The predicted octanol–water partition coefficient (Wildman–Crippen LogP) is 4.43. The standard InChI is InChI=1S/C25H24N2O3/c1-18-7-5-6-10-21(18)26-13-15-27(16-14-26)24(28)20-11-12-22-23(17-20)30-25(29-22)19-8-3-2-4-9-19/h2-12,17,25H,13-16H2,1H3. The molecule has 5 rings (SSSR count). The monoisotopic (exact) mass is 400 g/mol. The van der Waals surface area contributed by atoms with E-state index >= 15 is 0 Å². The van der Waals surface area contributed by atoms with Gasteiger partial charge in [0.15, 0.2) is 11.5 Å². The van der Waals surface area contributed by atoms with Gasteiger partial charge in [0, 0.05) is 43.0 Å². The average molecular weight is 400 g/mol. The van der Waals surface area contributed by atoms with Gasteiger partial charge in [-0.3, -0.25) is 4.79 Å². The number of para-hydroxylation sites is 1. The number of aryl methyl sites for hydroxylation is 1. The van der Waals surface area contributed by atoms with Crippen LogP contribution in [0.1, 0.15) is 27.8 Å². The van der Waals surface area contributed by atoms with Gasteiger partial charge in [0.25, 0.3) is 12.2 Å². The van der Waals surface area contributed by atoms with Crippen molar-refractivity contribution in [2.45, 2.75) is 13.2 Å². The van der Waals surface area contributed by atoms with Gasteiger partial charge >= 0.3 is 0 Å². The number of carbonyl (C=O) groups excluding carboxylic acids is 1. The summed E-state index contributed by atoms with van der Waals surface area (Å²) in [7, 11) is 0. The zero-order valence-corrected chi connectivity index (χ0v) is 17.0. The van der Waals surface area contributed by atoms with Gasteiger partial charge in [-0.25, -0.2) is 0 Å². The number of carbonyl (C=O) groups is 1. The van der Waals surface area contributed by atoms with Gasteiger partial charge in [0.05, 0.1) is 0 Å². The third kappa shape index (κ3) is 3.47. The lowest BCUT2D eigenvalue weighted by atomic mass is 10.1. The quantitative estimate of drug-likeness (QED) is 0.652. The van der Waals surface area contributed by atoms with Gasteiger partial charge in [0.2, 0.25) is 0 Å². The van der Waals surface area contributed by atoms with E-state index in [0.717, 1.165) is 18.7 Å². The highest BCUT2D eigenvalue weighted by atomic mass is 16.7. The zero-order chi connectivity index (χ0) is 20.5. The summed E-state index contributed by atoms with van der Waals surface area (Å²) in [6.07, 6.45) is -0.468. The highest BCUT2D eigenvalue weighted by Gasteiger charge is 2.28. The van der Waals surface area contributed by atoms with E-state index in [1.54, 1.807) is 6.07 Å². The smallest absolute Gasteiger partial charge is 0.267 e. The Labute approximate surface area is 176 Å². The second-order valence-electron chi connectivity index (χ2n) is 7.71. The molecule has 1 atom stereocenters. The van der Waals surface area contributed by atoms with E-state index in [1.165, 1.54) is 11.3 Å². The minimum atomic E-state index is -0.468. The molecule has 5 heteroatoms. The van der Waals surface area contributed by atoms with E-state index in [1.807, 2.05) is 47.4 Å². The molecule has 152 valence electrons. The molecular weight excluding hydrogens is 376 g/mol. The SMILES string of the molecule is Cc1ccccc1N1CCN(C(=O)c2ccc3c(c2)OC(c2ccccc2)O3)CC1. The van der Waals surface area contributed by atoms with Crippen molar-refractivity contribution in [2.24, 2.45) is 0 Å². The Morgan fingerprint density at radius 2 is 1.53 bits per heavy atom. The van der Waals surface area contributed by atoms with Crippen LogP contribution < -0.4 is 14.4 Å². The Kier molecular flexibility index (Phi) is 4.79. The van der Waals surface area contributed by atoms with Crippen LogP contribution in [0, 0.1) is 6.92 Å². The number of amides is 1. The Bertz CT molecular complexity index is 1060. The molecule has 0 saturated carbocycles. The Balaban J connectivity index is 1.26. The molecule has 0 N–H and O–H groups in total. The molecule has 2 aliphatic heterocycles. The van der Waals surface area contributed by atoms with Crippen LogP contribution in [0.25, 0.3) is 0 Å². The van der Waals surface area contributed by atoms with Gasteiger partial charge in [-0.05, 0) is 36.8 Å². The number of ether oxygens (including phenoxy) is 2. The van der Waals surface area contributed by atoms with Crippen molar-refractivity contribution in [2.75, 3.05) is 31.1 Å². The summed E-state index contributed by atoms with van der Waals surface area (Å²) >= 11 is 0. The molecule has 2 aliphatic rings. The molecule has 3 aromatic carbocycles. The molecule has 0 bridgehead atoms. The van der Waals surface area contributed by atoms with Crippen molar-refractivity contribution >= 4 is 11.6 Å². The fourth-order valence-electron chi connectivity index (χ4n) is 4.08. The molecule has 1 amide bonds. The van der Waals surface area contributed by atoms with Crippen molar-refractivity contribution in [1.82, 2.24) is 4.90 Å². The fourth-order valence-corrected chi connectivity index (χ4v) is 4.08. The highest BCUT2D eigenvalue weighted by molar-refractivity contribution is 5.95. The van der Waals surface area contributed by atoms with Gasteiger partial charge in [-0.1, -0.05) is 48.5 Å². The van der Waals surface area contributed by atoms with Gasteiger partial charge in [0.1, 0.15) is 0 Å². The molecule has 0 spiro atoms. The molecule has 3 aromatic rings. The molecule has 1 fully saturated rings. The first-order valence-electron chi connectivity index (χ1n) is 10.3. The second kappa shape index (κ2) is 7.75. The third-order valence-electron chi connectivity index (χ3n) is 5.75. The first kappa shape index (κ1) is 18.6. The first-order valence-corrected chi connectivity index (χ1v) is 10.3. The summed E-state index contributed by atoms with van der Waals surface area (Å²) in [4.78, 5) is 17.3. The molecule has 30 heavy (non-hydrogen) atoms. The van der Waals surface area contributed by atoms with Gasteiger partial charge < -0.3 is 19.3 Å². The fraction of sp³-hybridized carbons (Fsp3) is 0.240. The van der Waals surface area contributed by atoms with E-state index in [2.05, 4.69) is 36.1 Å². The summed E-state index contributed by atoms with van der Waals surface area (Å²) in [6, 6.07) is 23.7. The van der Waals surface area contributed by atoms with Crippen LogP contribution in [0.15, 0.2) is 72.8 Å². The largest absolute Gasteiger partial charge is 0.447 e. The van der Waals surface area contributed by atoms with Crippen LogP contribution in [0.4, 0.5) is 5.69 Å². The highest BCUT2D eigenvalue weighted by Crippen LogP contribution is 2.41. The normalized spacial score (nSPS) is 17.8.